The number of rotatable bonds is 9. The Morgan fingerprint density at radius 3 is 2.40 bits per heavy atom. The molecular formula is C15H30N2O2S. The van der Waals surface area contributed by atoms with Gasteiger partial charge < -0.3 is 5.32 Å². The standard InChI is InChI=1S/C15H30N2O2S/c1-17(13-14-7-3-2-4-8-14)20(18,19)12-6-5-11-16-15-9-10-15/h14-16H,2-13H2,1H3. The molecule has 2 rings (SSSR count). The smallest absolute Gasteiger partial charge is 0.213 e. The average Bonchev–Trinajstić information content (AvgIpc) is 3.23. The van der Waals surface area contributed by atoms with Gasteiger partial charge in [0.1, 0.15) is 0 Å². The second-order valence-electron chi connectivity index (χ2n) is 6.54. The van der Waals surface area contributed by atoms with Gasteiger partial charge in [-0.25, -0.2) is 12.7 Å². The van der Waals surface area contributed by atoms with E-state index in [0.29, 0.717) is 11.7 Å². The van der Waals surface area contributed by atoms with Crippen molar-refractivity contribution in [2.75, 3.05) is 25.9 Å². The summed E-state index contributed by atoms with van der Waals surface area (Å²) in [5.74, 6) is 0.891. The monoisotopic (exact) mass is 302 g/mol. The van der Waals surface area contributed by atoms with Gasteiger partial charge in [0.05, 0.1) is 5.75 Å². The molecule has 2 saturated carbocycles. The summed E-state index contributed by atoms with van der Waals surface area (Å²) in [5, 5.41) is 3.43. The van der Waals surface area contributed by atoms with Crippen molar-refractivity contribution in [3.8, 4) is 0 Å². The molecule has 0 bridgehead atoms. The summed E-state index contributed by atoms with van der Waals surface area (Å²) < 4.78 is 26.0. The molecule has 0 aliphatic heterocycles. The normalized spacial score (nSPS) is 21.5. The number of hydrogen-bond acceptors (Lipinski definition) is 3. The first-order valence-electron chi connectivity index (χ1n) is 8.25. The van der Waals surface area contributed by atoms with Crippen molar-refractivity contribution in [2.45, 2.75) is 63.8 Å². The number of nitrogens with one attached hydrogen (secondary N) is 1. The van der Waals surface area contributed by atoms with Crippen LogP contribution in [0.3, 0.4) is 0 Å². The first-order chi connectivity index (χ1) is 9.58. The highest BCUT2D eigenvalue weighted by Gasteiger charge is 2.23. The Kier molecular flexibility index (Phi) is 6.30. The molecule has 0 aromatic heterocycles. The molecule has 20 heavy (non-hydrogen) atoms. The third-order valence-corrected chi connectivity index (χ3v) is 6.46. The minimum atomic E-state index is -3.04. The molecule has 0 aromatic rings. The molecule has 2 aliphatic rings. The molecule has 0 radical (unpaired) electrons. The zero-order valence-electron chi connectivity index (χ0n) is 12.8. The number of unbranched alkanes of at least 4 members (excludes halogenated alkanes) is 1. The Morgan fingerprint density at radius 2 is 1.75 bits per heavy atom. The molecule has 0 heterocycles. The third-order valence-electron chi connectivity index (χ3n) is 4.55. The van der Waals surface area contributed by atoms with E-state index in [4.69, 9.17) is 0 Å². The minimum Gasteiger partial charge on any atom is -0.314 e. The van der Waals surface area contributed by atoms with Crippen LogP contribution >= 0.6 is 0 Å². The van der Waals surface area contributed by atoms with Gasteiger partial charge >= 0.3 is 0 Å². The molecule has 0 atom stereocenters. The van der Waals surface area contributed by atoms with E-state index in [1.165, 1.54) is 44.9 Å². The molecule has 1 N–H and O–H groups in total. The van der Waals surface area contributed by atoms with E-state index in [0.717, 1.165) is 32.0 Å². The van der Waals surface area contributed by atoms with Crippen molar-refractivity contribution in [3.05, 3.63) is 0 Å². The van der Waals surface area contributed by atoms with E-state index in [-0.39, 0.29) is 0 Å². The summed E-state index contributed by atoms with van der Waals surface area (Å²) in [4.78, 5) is 0. The zero-order chi connectivity index (χ0) is 14.4. The van der Waals surface area contributed by atoms with Crippen LogP contribution in [0.15, 0.2) is 0 Å². The van der Waals surface area contributed by atoms with E-state index >= 15 is 0 Å². The highest BCUT2D eigenvalue weighted by atomic mass is 32.2. The molecule has 2 aliphatic carbocycles. The van der Waals surface area contributed by atoms with Gasteiger partial charge in [-0.3, -0.25) is 0 Å². The molecule has 4 nitrogen and oxygen atoms in total. The van der Waals surface area contributed by atoms with Crippen LogP contribution in [0.5, 0.6) is 0 Å². The minimum absolute atomic E-state index is 0.308. The molecule has 0 unspecified atom stereocenters. The lowest BCUT2D eigenvalue weighted by Crippen LogP contribution is -2.34. The Balaban J connectivity index is 1.62. The largest absolute Gasteiger partial charge is 0.314 e. The molecule has 0 aromatic carbocycles. The van der Waals surface area contributed by atoms with Gasteiger partial charge in [-0.2, -0.15) is 0 Å². The van der Waals surface area contributed by atoms with Crippen molar-refractivity contribution in [1.82, 2.24) is 9.62 Å². The lowest BCUT2D eigenvalue weighted by molar-refractivity contribution is 0.300. The van der Waals surface area contributed by atoms with Crippen LogP contribution < -0.4 is 5.32 Å². The van der Waals surface area contributed by atoms with E-state index < -0.39 is 10.0 Å². The fourth-order valence-corrected chi connectivity index (χ4v) is 4.32. The Labute approximate surface area is 124 Å². The maximum Gasteiger partial charge on any atom is 0.213 e. The van der Waals surface area contributed by atoms with E-state index in [1.807, 2.05) is 0 Å². The molecule has 0 saturated heterocycles. The predicted molar refractivity (Wildman–Crippen MR) is 83.3 cm³/mol. The van der Waals surface area contributed by atoms with Crippen LogP contribution in [-0.2, 0) is 10.0 Å². The van der Waals surface area contributed by atoms with Crippen molar-refractivity contribution >= 4 is 10.0 Å². The third kappa shape index (κ3) is 5.70. The summed E-state index contributed by atoms with van der Waals surface area (Å²) in [5.41, 5.74) is 0. The van der Waals surface area contributed by atoms with Gasteiger partial charge in [0.2, 0.25) is 10.0 Å². The molecule has 5 heteroatoms. The second kappa shape index (κ2) is 7.76. The molecule has 118 valence electrons. The topological polar surface area (TPSA) is 49.4 Å². The van der Waals surface area contributed by atoms with Crippen molar-refractivity contribution < 1.29 is 8.42 Å². The first-order valence-corrected chi connectivity index (χ1v) is 9.86. The molecule has 0 amide bonds. The van der Waals surface area contributed by atoms with Crippen LogP contribution in [0, 0.1) is 5.92 Å². The lowest BCUT2D eigenvalue weighted by atomic mass is 9.89. The number of hydrogen-bond donors (Lipinski definition) is 1. The summed E-state index contributed by atoms with van der Waals surface area (Å²) in [6.07, 6.45) is 10.6. The Morgan fingerprint density at radius 1 is 1.05 bits per heavy atom. The van der Waals surface area contributed by atoms with Crippen LogP contribution in [-0.4, -0.2) is 44.7 Å². The fraction of sp³-hybridized carbons (Fsp3) is 1.00. The highest BCUT2D eigenvalue weighted by molar-refractivity contribution is 7.89. The predicted octanol–water partition coefficient (Wildman–Crippen LogP) is 2.36. The Bertz CT molecular complexity index is 373. The van der Waals surface area contributed by atoms with Crippen LogP contribution in [0.2, 0.25) is 0 Å². The van der Waals surface area contributed by atoms with Gasteiger partial charge in [-0.1, -0.05) is 19.3 Å². The van der Waals surface area contributed by atoms with Gasteiger partial charge in [-0.15, -0.1) is 0 Å². The quantitative estimate of drug-likeness (QED) is 0.665. The van der Waals surface area contributed by atoms with E-state index in [9.17, 15) is 8.42 Å². The zero-order valence-corrected chi connectivity index (χ0v) is 13.6. The fourth-order valence-electron chi connectivity index (χ4n) is 3.01. The van der Waals surface area contributed by atoms with E-state index in [2.05, 4.69) is 5.32 Å². The number of sulfonamides is 1. The molecule has 0 spiro atoms. The van der Waals surface area contributed by atoms with Gasteiger partial charge in [0, 0.05) is 19.6 Å². The van der Waals surface area contributed by atoms with E-state index in [1.54, 1.807) is 11.4 Å². The maximum absolute atomic E-state index is 12.2. The summed E-state index contributed by atoms with van der Waals surface area (Å²) in [6.45, 7) is 1.69. The van der Waals surface area contributed by atoms with Crippen LogP contribution in [0.25, 0.3) is 0 Å². The Hall–Kier alpha value is -0.130. The second-order valence-corrected chi connectivity index (χ2v) is 8.73. The maximum atomic E-state index is 12.2. The molecular weight excluding hydrogens is 272 g/mol. The lowest BCUT2D eigenvalue weighted by Gasteiger charge is -2.26. The van der Waals surface area contributed by atoms with Crippen molar-refractivity contribution in [3.63, 3.8) is 0 Å². The number of nitrogens with zero attached hydrogens (tertiary/aromatic N) is 1. The first kappa shape index (κ1) is 16.2. The molecule has 2 fully saturated rings. The van der Waals surface area contributed by atoms with Crippen LogP contribution in [0.4, 0.5) is 0 Å². The summed E-state index contributed by atoms with van der Waals surface area (Å²) >= 11 is 0. The highest BCUT2D eigenvalue weighted by Crippen LogP contribution is 2.25. The average molecular weight is 302 g/mol. The summed E-state index contributed by atoms with van der Waals surface area (Å²) in [7, 11) is -1.28. The van der Waals surface area contributed by atoms with Gasteiger partial charge in [0.25, 0.3) is 0 Å². The van der Waals surface area contributed by atoms with Crippen molar-refractivity contribution in [2.24, 2.45) is 5.92 Å². The van der Waals surface area contributed by atoms with Gasteiger partial charge in [-0.05, 0) is 51.0 Å². The van der Waals surface area contributed by atoms with Crippen LogP contribution in [0.1, 0.15) is 57.8 Å². The van der Waals surface area contributed by atoms with Crippen molar-refractivity contribution in [1.29, 1.82) is 0 Å². The SMILES string of the molecule is CN(CC1CCCCC1)S(=O)(=O)CCCCNC1CC1. The van der Waals surface area contributed by atoms with Gasteiger partial charge in [0.15, 0.2) is 0 Å². The summed E-state index contributed by atoms with van der Waals surface area (Å²) in [6, 6.07) is 0.723.